The molecule has 0 unspecified atom stereocenters. The van der Waals surface area contributed by atoms with Crippen LogP contribution in [0.2, 0.25) is 0 Å². The Morgan fingerprint density at radius 3 is 1.94 bits per heavy atom. The lowest BCUT2D eigenvalue weighted by Gasteiger charge is -2.17. The summed E-state index contributed by atoms with van der Waals surface area (Å²) >= 11 is 0. The maximum absolute atomic E-state index is 2.37. The fourth-order valence-corrected chi connectivity index (χ4v) is 1.48. The maximum atomic E-state index is 2.37. The van der Waals surface area contributed by atoms with Gasteiger partial charge in [-0.15, -0.1) is 0 Å². The predicted octanol–water partition coefficient (Wildman–Crippen LogP) is 1.67. The first-order valence-corrected chi connectivity index (χ1v) is 4.95. The SMILES string of the molecule is B.CCCCCCN1C=CN(C)C1.F.F.F.F. The molecule has 0 fully saturated rings. The van der Waals surface area contributed by atoms with Crippen molar-refractivity contribution < 1.29 is 18.8 Å². The van der Waals surface area contributed by atoms with Gasteiger partial charge in [0.1, 0.15) is 0 Å². The van der Waals surface area contributed by atoms with Crippen molar-refractivity contribution in [3.05, 3.63) is 12.4 Å². The van der Waals surface area contributed by atoms with Gasteiger partial charge in [0.25, 0.3) is 0 Å². The van der Waals surface area contributed by atoms with Crippen LogP contribution in [0.5, 0.6) is 0 Å². The molecule has 0 spiro atoms. The highest BCUT2D eigenvalue weighted by molar-refractivity contribution is 5.75. The van der Waals surface area contributed by atoms with Gasteiger partial charge in [0.05, 0.1) is 15.1 Å². The second kappa shape index (κ2) is 17.5. The van der Waals surface area contributed by atoms with Crippen molar-refractivity contribution in [1.82, 2.24) is 9.80 Å². The first kappa shape index (κ1) is 29.8. The summed E-state index contributed by atoms with van der Waals surface area (Å²) in [5.41, 5.74) is 0. The highest BCUT2D eigenvalue weighted by Crippen LogP contribution is 2.06. The number of nitrogens with zero attached hydrogens (tertiary/aromatic N) is 2. The number of halogens is 4. The second-order valence-corrected chi connectivity index (χ2v) is 3.57. The molecule has 1 rings (SSSR count). The number of unbranched alkanes of at least 4 members (excludes halogenated alkanes) is 3. The third-order valence-electron chi connectivity index (χ3n) is 2.24. The summed E-state index contributed by atoms with van der Waals surface area (Å²) in [7, 11) is 2.11. The van der Waals surface area contributed by atoms with E-state index in [1.165, 1.54) is 32.2 Å². The van der Waals surface area contributed by atoms with Gasteiger partial charge >= 0.3 is 0 Å². The smallest absolute Gasteiger partial charge is 0.0890 e. The molecule has 108 valence electrons. The molecule has 0 aromatic carbocycles. The minimum absolute atomic E-state index is 0. The summed E-state index contributed by atoms with van der Waals surface area (Å²) < 4.78 is 0. The molecule has 1 aliphatic rings. The normalized spacial score (nSPS) is 11.4. The van der Waals surface area contributed by atoms with E-state index in [-0.39, 0.29) is 27.2 Å². The average Bonchev–Trinajstić information content (AvgIpc) is 2.45. The number of hydrogen-bond acceptors (Lipinski definition) is 2. The molecule has 0 N–H and O–H groups in total. The lowest BCUT2D eigenvalue weighted by molar-refractivity contribution is 0.291. The predicted molar refractivity (Wildman–Crippen MR) is 72.6 cm³/mol. The summed E-state index contributed by atoms with van der Waals surface area (Å²) in [6.45, 7) is 4.55. The lowest BCUT2D eigenvalue weighted by atomic mass is 10.2. The Morgan fingerprint density at radius 2 is 1.53 bits per heavy atom. The molecule has 0 amide bonds. The highest BCUT2D eigenvalue weighted by atomic mass is 19.0. The van der Waals surface area contributed by atoms with E-state index >= 15 is 0 Å². The molecule has 1 aliphatic heterocycles. The molecule has 0 bridgehead atoms. The molecule has 17 heavy (non-hydrogen) atoms. The molecular formula is C10H27BF4N2. The fourth-order valence-electron chi connectivity index (χ4n) is 1.48. The zero-order chi connectivity index (χ0) is 8.81. The van der Waals surface area contributed by atoms with Crippen LogP contribution >= 0.6 is 0 Å². The molecule has 0 aromatic rings. The Labute approximate surface area is 103 Å². The van der Waals surface area contributed by atoms with Crippen LogP contribution in [0.4, 0.5) is 18.8 Å². The van der Waals surface area contributed by atoms with Crippen LogP contribution in [0.25, 0.3) is 0 Å². The third-order valence-corrected chi connectivity index (χ3v) is 2.24. The summed E-state index contributed by atoms with van der Waals surface area (Å²) in [5.74, 6) is 0. The lowest BCUT2D eigenvalue weighted by Crippen LogP contribution is -2.23. The molecule has 1 heterocycles. The quantitative estimate of drug-likeness (QED) is 0.422. The van der Waals surface area contributed by atoms with Crippen molar-refractivity contribution in [3.63, 3.8) is 0 Å². The summed E-state index contributed by atoms with van der Waals surface area (Å²) in [6, 6.07) is 0. The van der Waals surface area contributed by atoms with Gasteiger partial charge in [-0.2, -0.15) is 0 Å². The minimum atomic E-state index is 0. The van der Waals surface area contributed by atoms with E-state index in [1.807, 2.05) is 0 Å². The fraction of sp³-hybridized carbons (Fsp3) is 0.800. The van der Waals surface area contributed by atoms with E-state index in [0.717, 1.165) is 6.67 Å². The van der Waals surface area contributed by atoms with Crippen molar-refractivity contribution in [2.24, 2.45) is 0 Å². The standard InChI is InChI=1S/C10H20N2.BH3.4FH/c1-3-4-5-6-7-12-9-8-11(2)10-12;;;;;/h8-9H,3-7,10H2,1-2H3;1H3;4*1H. The van der Waals surface area contributed by atoms with Crippen LogP contribution in [0.15, 0.2) is 12.4 Å². The minimum Gasteiger partial charge on any atom is -0.362 e. The molecule has 7 heteroatoms. The van der Waals surface area contributed by atoms with Gasteiger partial charge < -0.3 is 9.80 Å². The van der Waals surface area contributed by atoms with Gasteiger partial charge in [0.2, 0.25) is 0 Å². The van der Waals surface area contributed by atoms with Gasteiger partial charge in [-0.25, -0.2) is 0 Å². The maximum Gasteiger partial charge on any atom is 0.0890 e. The van der Waals surface area contributed by atoms with Crippen LogP contribution < -0.4 is 0 Å². The zero-order valence-electron chi connectivity index (χ0n) is 9.92. The molecule has 0 saturated carbocycles. The van der Waals surface area contributed by atoms with Gasteiger partial charge in [-0.1, -0.05) is 26.2 Å². The Bertz CT molecular complexity index is 161. The molecule has 2 nitrogen and oxygen atoms in total. The van der Waals surface area contributed by atoms with Crippen molar-refractivity contribution in [1.29, 1.82) is 0 Å². The van der Waals surface area contributed by atoms with Crippen molar-refractivity contribution in [3.8, 4) is 0 Å². The average molecular weight is 262 g/mol. The van der Waals surface area contributed by atoms with E-state index in [2.05, 4.69) is 36.2 Å². The number of hydrogen-bond donors (Lipinski definition) is 0. The van der Waals surface area contributed by atoms with E-state index in [9.17, 15) is 0 Å². The monoisotopic (exact) mass is 262 g/mol. The zero-order valence-corrected chi connectivity index (χ0v) is 9.92. The van der Waals surface area contributed by atoms with Gasteiger partial charge in [0.15, 0.2) is 0 Å². The molecule has 0 aromatic heterocycles. The van der Waals surface area contributed by atoms with Crippen LogP contribution in [0.3, 0.4) is 0 Å². The van der Waals surface area contributed by atoms with Crippen LogP contribution in [0.1, 0.15) is 32.6 Å². The molecule has 0 atom stereocenters. The third kappa shape index (κ3) is 13.1. The van der Waals surface area contributed by atoms with Crippen molar-refractivity contribution in [2.75, 3.05) is 20.3 Å². The largest absolute Gasteiger partial charge is 0.362 e. The Kier molecular flexibility index (Phi) is 30.7. The van der Waals surface area contributed by atoms with E-state index in [4.69, 9.17) is 0 Å². The van der Waals surface area contributed by atoms with Crippen LogP contribution in [-0.4, -0.2) is 38.5 Å². The summed E-state index contributed by atoms with van der Waals surface area (Å²) in [6.07, 6.45) is 9.76. The Hall–Kier alpha value is -0.875. The Morgan fingerprint density at radius 1 is 0.941 bits per heavy atom. The number of rotatable bonds is 5. The first-order valence-electron chi connectivity index (χ1n) is 4.95. The van der Waals surface area contributed by atoms with Gasteiger partial charge in [0, 0.05) is 26.0 Å². The van der Waals surface area contributed by atoms with Crippen LogP contribution in [0, 0.1) is 0 Å². The van der Waals surface area contributed by atoms with E-state index in [0.29, 0.717) is 0 Å². The van der Waals surface area contributed by atoms with E-state index < -0.39 is 0 Å². The van der Waals surface area contributed by atoms with Gasteiger partial charge in [-0.3, -0.25) is 18.8 Å². The molecule has 0 radical (unpaired) electrons. The van der Waals surface area contributed by atoms with Crippen molar-refractivity contribution >= 4 is 8.41 Å². The van der Waals surface area contributed by atoms with Crippen molar-refractivity contribution in [2.45, 2.75) is 32.6 Å². The summed E-state index contributed by atoms with van der Waals surface area (Å²) in [5, 5.41) is 0. The molecular weight excluding hydrogens is 235 g/mol. The van der Waals surface area contributed by atoms with Crippen LogP contribution in [-0.2, 0) is 0 Å². The second-order valence-electron chi connectivity index (χ2n) is 3.57. The molecule has 0 aliphatic carbocycles. The summed E-state index contributed by atoms with van der Waals surface area (Å²) in [4.78, 5) is 4.58. The topological polar surface area (TPSA) is 6.48 Å². The highest BCUT2D eigenvalue weighted by Gasteiger charge is 2.06. The van der Waals surface area contributed by atoms with Gasteiger partial charge in [-0.05, 0) is 6.42 Å². The molecule has 0 saturated heterocycles. The van der Waals surface area contributed by atoms with E-state index in [1.54, 1.807) is 0 Å². The Balaban J connectivity index is -0.0000000960. The first-order chi connectivity index (χ1) is 5.83.